The molecular weight excluding hydrogens is 330 g/mol. The number of hydrogen-bond donors (Lipinski definition) is 1. The van der Waals surface area contributed by atoms with Gasteiger partial charge < -0.3 is 19.8 Å². The number of carbonyl (C=O) groups excluding carboxylic acids is 2. The van der Waals surface area contributed by atoms with E-state index in [2.05, 4.69) is 0 Å². The summed E-state index contributed by atoms with van der Waals surface area (Å²) in [5.41, 5.74) is 1.91. The Bertz CT molecular complexity index is 649. The maximum atomic E-state index is 12.8. The summed E-state index contributed by atoms with van der Waals surface area (Å²) in [6.07, 6.45) is 3.29. The van der Waals surface area contributed by atoms with Crippen LogP contribution in [0.5, 0.6) is 0 Å². The first kappa shape index (κ1) is 18.7. The topological polar surface area (TPSA) is 64.1 Å². The molecule has 2 saturated heterocycles. The summed E-state index contributed by atoms with van der Waals surface area (Å²) >= 11 is 0. The van der Waals surface area contributed by atoms with Gasteiger partial charge in [-0.15, -0.1) is 0 Å². The molecule has 0 aromatic heterocycles. The molecule has 0 saturated carbocycles. The van der Waals surface area contributed by atoms with Crippen LogP contribution in [0.15, 0.2) is 24.3 Å². The van der Waals surface area contributed by atoms with Crippen LogP contribution in [0.4, 0.5) is 5.69 Å². The maximum Gasteiger partial charge on any atom is 0.253 e. The van der Waals surface area contributed by atoms with Crippen LogP contribution in [0.2, 0.25) is 0 Å². The number of likely N-dealkylation sites (tertiary alicyclic amines) is 2. The van der Waals surface area contributed by atoms with E-state index in [1.165, 1.54) is 0 Å². The maximum absolute atomic E-state index is 12.8. The van der Waals surface area contributed by atoms with Crippen molar-refractivity contribution >= 4 is 17.5 Å². The van der Waals surface area contributed by atoms with E-state index in [4.69, 9.17) is 5.11 Å². The Morgan fingerprint density at radius 2 is 1.81 bits per heavy atom. The third kappa shape index (κ3) is 3.85. The normalized spacial score (nSPS) is 19.7. The van der Waals surface area contributed by atoms with E-state index in [1.807, 2.05) is 48.2 Å². The van der Waals surface area contributed by atoms with Crippen molar-refractivity contribution in [3.63, 3.8) is 0 Å². The fraction of sp³-hybridized carbons (Fsp3) is 0.600. The number of β-amino-alcohol motifs (C(OH)–C–C–N with tert-alkyl or cyclic N) is 1. The highest BCUT2D eigenvalue weighted by Gasteiger charge is 2.41. The van der Waals surface area contributed by atoms with Crippen LogP contribution in [0.1, 0.15) is 36.0 Å². The lowest BCUT2D eigenvalue weighted by atomic mass is 9.72. The zero-order valence-electron chi connectivity index (χ0n) is 15.8. The number of nitrogens with zero attached hydrogens (tertiary/aromatic N) is 3. The largest absolute Gasteiger partial charge is 0.395 e. The SMILES string of the molecule is CN(C)c1ccc(C(=O)N2CCC3(CCC(=O)N(CCO)C3)CC2)cc1. The molecule has 26 heavy (non-hydrogen) atoms. The minimum atomic E-state index is 0.00930. The van der Waals surface area contributed by atoms with E-state index in [-0.39, 0.29) is 23.8 Å². The number of aliphatic hydroxyl groups excluding tert-OH is 1. The average Bonchev–Trinajstić information content (AvgIpc) is 2.65. The molecule has 0 bridgehead atoms. The summed E-state index contributed by atoms with van der Waals surface area (Å²) in [6.45, 7) is 2.60. The van der Waals surface area contributed by atoms with Crippen molar-refractivity contribution in [3.8, 4) is 0 Å². The van der Waals surface area contributed by atoms with Crippen LogP contribution < -0.4 is 4.90 Å². The number of benzene rings is 1. The second-order valence-electron chi connectivity index (χ2n) is 7.77. The minimum absolute atomic E-state index is 0.00930. The predicted molar refractivity (Wildman–Crippen MR) is 101 cm³/mol. The van der Waals surface area contributed by atoms with E-state index in [9.17, 15) is 9.59 Å². The first-order valence-electron chi connectivity index (χ1n) is 9.39. The number of piperidine rings is 2. The van der Waals surface area contributed by atoms with Crippen LogP contribution in [0.25, 0.3) is 0 Å². The third-order valence-electron chi connectivity index (χ3n) is 5.86. The molecule has 0 unspecified atom stereocenters. The van der Waals surface area contributed by atoms with Crippen LogP contribution in [-0.4, -0.2) is 73.6 Å². The molecule has 3 rings (SSSR count). The molecule has 0 aliphatic carbocycles. The Kier molecular flexibility index (Phi) is 5.51. The van der Waals surface area contributed by atoms with Gasteiger partial charge in [-0.2, -0.15) is 0 Å². The Labute approximate surface area is 155 Å². The molecule has 2 aliphatic heterocycles. The van der Waals surface area contributed by atoms with Gasteiger partial charge in [-0.1, -0.05) is 0 Å². The minimum Gasteiger partial charge on any atom is -0.395 e. The lowest BCUT2D eigenvalue weighted by Gasteiger charge is -2.47. The molecule has 142 valence electrons. The summed E-state index contributed by atoms with van der Waals surface area (Å²) in [6, 6.07) is 7.73. The van der Waals surface area contributed by atoms with Gasteiger partial charge in [0, 0.05) is 57.9 Å². The molecule has 1 aromatic carbocycles. The number of aliphatic hydroxyl groups is 1. The Balaban J connectivity index is 1.61. The molecule has 1 aromatic rings. The van der Waals surface area contributed by atoms with E-state index in [1.54, 1.807) is 4.90 Å². The van der Waals surface area contributed by atoms with Crippen LogP contribution in [0.3, 0.4) is 0 Å². The Morgan fingerprint density at radius 3 is 2.38 bits per heavy atom. The summed E-state index contributed by atoms with van der Waals surface area (Å²) in [4.78, 5) is 30.5. The highest BCUT2D eigenvalue weighted by molar-refractivity contribution is 5.94. The quantitative estimate of drug-likeness (QED) is 0.887. The molecule has 2 heterocycles. The van der Waals surface area contributed by atoms with Crippen molar-refractivity contribution in [1.29, 1.82) is 0 Å². The van der Waals surface area contributed by atoms with Gasteiger partial charge in [-0.25, -0.2) is 0 Å². The van der Waals surface area contributed by atoms with E-state index >= 15 is 0 Å². The molecule has 6 nitrogen and oxygen atoms in total. The van der Waals surface area contributed by atoms with Gasteiger partial charge in [0.1, 0.15) is 0 Å². The number of rotatable bonds is 4. The standard InChI is InChI=1S/C20H29N3O3/c1-21(2)17-5-3-16(4-6-17)19(26)22-11-9-20(10-12-22)8-7-18(25)23(15-20)13-14-24/h3-6,24H,7-15H2,1-2H3. The molecule has 0 atom stereocenters. The second kappa shape index (κ2) is 7.66. The zero-order chi connectivity index (χ0) is 18.7. The van der Waals surface area contributed by atoms with Crippen molar-refractivity contribution in [2.75, 3.05) is 51.8 Å². The predicted octanol–water partition coefficient (Wildman–Crippen LogP) is 1.59. The summed E-state index contributed by atoms with van der Waals surface area (Å²) in [7, 11) is 3.96. The summed E-state index contributed by atoms with van der Waals surface area (Å²) < 4.78 is 0. The number of hydrogen-bond acceptors (Lipinski definition) is 4. The number of amides is 2. The van der Waals surface area contributed by atoms with Crippen LogP contribution >= 0.6 is 0 Å². The second-order valence-corrected chi connectivity index (χ2v) is 7.77. The van der Waals surface area contributed by atoms with Gasteiger partial charge in [0.15, 0.2) is 0 Å². The molecule has 0 radical (unpaired) electrons. The highest BCUT2D eigenvalue weighted by atomic mass is 16.3. The van der Waals surface area contributed by atoms with E-state index < -0.39 is 0 Å². The zero-order valence-corrected chi connectivity index (χ0v) is 15.8. The van der Waals surface area contributed by atoms with Crippen molar-refractivity contribution < 1.29 is 14.7 Å². The molecule has 6 heteroatoms. The van der Waals surface area contributed by atoms with Crippen molar-refractivity contribution in [3.05, 3.63) is 29.8 Å². The van der Waals surface area contributed by atoms with Crippen LogP contribution in [0, 0.1) is 5.41 Å². The first-order chi connectivity index (χ1) is 12.4. The first-order valence-corrected chi connectivity index (χ1v) is 9.39. The highest BCUT2D eigenvalue weighted by Crippen LogP contribution is 2.40. The fourth-order valence-electron chi connectivity index (χ4n) is 4.10. The van der Waals surface area contributed by atoms with Gasteiger partial charge in [-0.05, 0) is 48.9 Å². The molecule has 1 spiro atoms. The van der Waals surface area contributed by atoms with Crippen molar-refractivity contribution in [2.24, 2.45) is 5.41 Å². The van der Waals surface area contributed by atoms with Crippen molar-refractivity contribution in [2.45, 2.75) is 25.7 Å². The van der Waals surface area contributed by atoms with E-state index in [0.29, 0.717) is 19.5 Å². The molecule has 2 aliphatic rings. The van der Waals surface area contributed by atoms with Gasteiger partial charge in [0.25, 0.3) is 5.91 Å². The molecule has 2 fully saturated rings. The average molecular weight is 359 g/mol. The summed E-state index contributed by atoms with van der Waals surface area (Å²) in [5.74, 6) is 0.230. The lowest BCUT2D eigenvalue weighted by Crippen LogP contribution is -2.52. The third-order valence-corrected chi connectivity index (χ3v) is 5.86. The smallest absolute Gasteiger partial charge is 0.253 e. The lowest BCUT2D eigenvalue weighted by molar-refractivity contribution is -0.139. The van der Waals surface area contributed by atoms with E-state index in [0.717, 1.165) is 43.6 Å². The van der Waals surface area contributed by atoms with Gasteiger partial charge in [0.2, 0.25) is 5.91 Å². The van der Waals surface area contributed by atoms with Gasteiger partial charge in [-0.3, -0.25) is 9.59 Å². The Hall–Kier alpha value is -2.08. The molecule has 1 N–H and O–H groups in total. The van der Waals surface area contributed by atoms with Crippen LogP contribution in [-0.2, 0) is 4.79 Å². The number of anilines is 1. The molecule has 2 amide bonds. The molecular formula is C20H29N3O3. The Morgan fingerprint density at radius 1 is 1.15 bits per heavy atom. The fourth-order valence-corrected chi connectivity index (χ4v) is 4.10. The van der Waals surface area contributed by atoms with Gasteiger partial charge in [0.05, 0.1) is 6.61 Å². The number of carbonyl (C=O) groups is 2. The van der Waals surface area contributed by atoms with Crippen molar-refractivity contribution in [1.82, 2.24) is 9.80 Å². The summed E-state index contributed by atoms with van der Waals surface area (Å²) in [5, 5.41) is 9.17. The monoisotopic (exact) mass is 359 g/mol. The van der Waals surface area contributed by atoms with Gasteiger partial charge >= 0.3 is 0 Å².